The Morgan fingerprint density at radius 3 is 2.67 bits per heavy atom. The highest BCUT2D eigenvalue weighted by Crippen LogP contribution is 2.34. The number of rotatable bonds is 3. The van der Waals surface area contributed by atoms with E-state index < -0.39 is 0 Å². The summed E-state index contributed by atoms with van der Waals surface area (Å²) in [6, 6.07) is 10.8. The molecule has 5 nitrogen and oxygen atoms in total. The van der Waals surface area contributed by atoms with Crippen molar-refractivity contribution in [1.29, 1.82) is 0 Å². The number of carbonyl (C=O) groups excluding carboxylic acids is 1. The Morgan fingerprint density at radius 1 is 1.21 bits per heavy atom. The van der Waals surface area contributed by atoms with Gasteiger partial charge in [0.2, 0.25) is 0 Å². The van der Waals surface area contributed by atoms with Crippen LogP contribution in [0.25, 0.3) is 0 Å². The van der Waals surface area contributed by atoms with E-state index in [4.69, 9.17) is 10.5 Å². The molecule has 3 rings (SSSR count). The zero-order chi connectivity index (χ0) is 16.8. The minimum Gasteiger partial charge on any atom is -0.381 e. The maximum atomic E-state index is 12.6. The number of piperidine rings is 1. The predicted octanol–water partition coefficient (Wildman–Crippen LogP) is 2.26. The molecule has 0 saturated carbocycles. The quantitative estimate of drug-likeness (QED) is 0.893. The van der Waals surface area contributed by atoms with Crippen molar-refractivity contribution in [3.8, 4) is 0 Å². The zero-order valence-corrected chi connectivity index (χ0v) is 14.4. The summed E-state index contributed by atoms with van der Waals surface area (Å²) in [4.78, 5) is 14.5. The van der Waals surface area contributed by atoms with E-state index >= 15 is 0 Å². The lowest BCUT2D eigenvalue weighted by molar-refractivity contribution is 0.140. The highest BCUT2D eigenvalue weighted by atomic mass is 16.5. The molecule has 0 aliphatic carbocycles. The van der Waals surface area contributed by atoms with Gasteiger partial charge in [-0.05, 0) is 37.7 Å². The Morgan fingerprint density at radius 2 is 1.96 bits per heavy atom. The van der Waals surface area contributed by atoms with Crippen LogP contribution in [0.4, 0.5) is 4.79 Å². The molecule has 0 aromatic heterocycles. The second-order valence-electron chi connectivity index (χ2n) is 7.03. The van der Waals surface area contributed by atoms with Crippen molar-refractivity contribution in [1.82, 2.24) is 10.2 Å². The molecular weight excluding hydrogens is 302 g/mol. The largest absolute Gasteiger partial charge is 0.381 e. The highest BCUT2D eigenvalue weighted by molar-refractivity contribution is 5.74. The van der Waals surface area contributed by atoms with Crippen LogP contribution in [-0.4, -0.2) is 49.8 Å². The highest BCUT2D eigenvalue weighted by Gasteiger charge is 2.36. The molecule has 2 aliphatic rings. The van der Waals surface area contributed by atoms with Crippen LogP contribution in [0.2, 0.25) is 0 Å². The number of nitrogens with one attached hydrogen (secondary N) is 1. The summed E-state index contributed by atoms with van der Waals surface area (Å²) in [7, 11) is 0. The van der Waals surface area contributed by atoms with Crippen molar-refractivity contribution >= 4 is 6.03 Å². The Labute approximate surface area is 144 Å². The van der Waals surface area contributed by atoms with Gasteiger partial charge in [-0.1, -0.05) is 30.3 Å². The van der Waals surface area contributed by atoms with E-state index in [9.17, 15) is 4.79 Å². The van der Waals surface area contributed by atoms with Gasteiger partial charge in [-0.2, -0.15) is 0 Å². The second kappa shape index (κ2) is 7.99. The van der Waals surface area contributed by atoms with Crippen LogP contribution in [0, 0.1) is 0 Å². The first kappa shape index (κ1) is 17.2. The third kappa shape index (κ3) is 3.90. The first-order valence-corrected chi connectivity index (χ1v) is 9.12. The van der Waals surface area contributed by atoms with E-state index in [1.807, 2.05) is 11.0 Å². The van der Waals surface area contributed by atoms with E-state index in [0.29, 0.717) is 6.54 Å². The Bertz CT molecular complexity index is 519. The summed E-state index contributed by atoms with van der Waals surface area (Å²) in [5.41, 5.74) is 7.43. The number of ether oxygens (including phenoxy) is 1. The molecule has 1 unspecified atom stereocenters. The van der Waals surface area contributed by atoms with Gasteiger partial charge in [-0.25, -0.2) is 4.79 Å². The molecule has 1 aromatic carbocycles. The summed E-state index contributed by atoms with van der Waals surface area (Å²) < 4.78 is 5.46. The van der Waals surface area contributed by atoms with Crippen LogP contribution < -0.4 is 11.1 Å². The monoisotopic (exact) mass is 331 g/mol. The van der Waals surface area contributed by atoms with E-state index in [0.717, 1.165) is 58.4 Å². The van der Waals surface area contributed by atoms with Gasteiger partial charge in [0, 0.05) is 44.3 Å². The van der Waals surface area contributed by atoms with Crippen LogP contribution in [0.3, 0.4) is 0 Å². The first-order chi connectivity index (χ1) is 11.7. The topological polar surface area (TPSA) is 67.6 Å². The number of carbonyl (C=O) groups is 1. The number of hydrogen-bond acceptors (Lipinski definition) is 3. The molecule has 1 atom stereocenters. The standard InChI is InChI=1S/C19H29N3O2/c20-15-19(16-5-2-1-3-6-16)9-11-22(12-10-19)18(23)21-17-7-4-13-24-14-8-17/h1-3,5-6,17H,4,7-15,20H2,(H,21,23). The van der Waals surface area contributed by atoms with Crippen molar-refractivity contribution in [2.24, 2.45) is 5.73 Å². The molecule has 0 bridgehead atoms. The lowest BCUT2D eigenvalue weighted by atomic mass is 9.73. The van der Waals surface area contributed by atoms with Gasteiger partial charge in [0.05, 0.1) is 0 Å². The Hall–Kier alpha value is -1.59. The molecule has 2 heterocycles. The van der Waals surface area contributed by atoms with Crippen LogP contribution in [0.1, 0.15) is 37.7 Å². The lowest BCUT2D eigenvalue weighted by Crippen LogP contribution is -2.52. The molecule has 1 aromatic rings. The van der Waals surface area contributed by atoms with Gasteiger partial charge in [0.15, 0.2) is 0 Å². The average Bonchev–Trinajstić information content (AvgIpc) is 2.91. The fraction of sp³-hybridized carbons (Fsp3) is 0.632. The number of amides is 2. The summed E-state index contributed by atoms with van der Waals surface area (Å²) in [5.74, 6) is 0. The number of nitrogens with two attached hydrogens (primary N) is 1. The summed E-state index contributed by atoms with van der Waals surface area (Å²) in [6.45, 7) is 3.72. The summed E-state index contributed by atoms with van der Waals surface area (Å²) in [6.07, 6.45) is 4.80. The molecule has 0 radical (unpaired) electrons. The van der Waals surface area contributed by atoms with Gasteiger partial charge in [-0.3, -0.25) is 0 Å². The minimum absolute atomic E-state index is 0.00813. The molecule has 24 heavy (non-hydrogen) atoms. The van der Waals surface area contributed by atoms with Crippen molar-refractivity contribution in [3.63, 3.8) is 0 Å². The number of nitrogens with zero attached hydrogens (tertiary/aromatic N) is 1. The van der Waals surface area contributed by atoms with Crippen molar-refractivity contribution < 1.29 is 9.53 Å². The lowest BCUT2D eigenvalue weighted by Gasteiger charge is -2.42. The summed E-state index contributed by atoms with van der Waals surface area (Å²) >= 11 is 0. The molecule has 5 heteroatoms. The van der Waals surface area contributed by atoms with E-state index in [1.165, 1.54) is 5.56 Å². The first-order valence-electron chi connectivity index (χ1n) is 9.12. The number of benzene rings is 1. The molecule has 0 spiro atoms. The maximum Gasteiger partial charge on any atom is 0.317 e. The van der Waals surface area contributed by atoms with Gasteiger partial charge in [0.25, 0.3) is 0 Å². The van der Waals surface area contributed by atoms with Crippen molar-refractivity contribution in [3.05, 3.63) is 35.9 Å². The molecule has 3 N–H and O–H groups in total. The van der Waals surface area contributed by atoms with Gasteiger partial charge >= 0.3 is 6.03 Å². The van der Waals surface area contributed by atoms with Crippen LogP contribution >= 0.6 is 0 Å². The van der Waals surface area contributed by atoms with Crippen molar-refractivity contribution in [2.45, 2.75) is 43.6 Å². The smallest absolute Gasteiger partial charge is 0.317 e. The Balaban J connectivity index is 1.56. The number of likely N-dealkylation sites (tertiary alicyclic amines) is 1. The Kier molecular flexibility index (Phi) is 5.74. The van der Waals surface area contributed by atoms with Gasteiger partial charge in [-0.15, -0.1) is 0 Å². The number of urea groups is 1. The average molecular weight is 331 g/mol. The third-order valence-electron chi connectivity index (χ3n) is 5.56. The molecule has 132 valence electrons. The fourth-order valence-electron chi connectivity index (χ4n) is 3.85. The van der Waals surface area contributed by atoms with Gasteiger partial charge in [0.1, 0.15) is 0 Å². The van der Waals surface area contributed by atoms with Crippen LogP contribution in [0.15, 0.2) is 30.3 Å². The molecular formula is C19H29N3O2. The maximum absolute atomic E-state index is 12.6. The fourth-order valence-corrected chi connectivity index (χ4v) is 3.85. The SMILES string of the molecule is NCC1(c2ccccc2)CCN(C(=O)NC2CCCOCC2)CC1. The van der Waals surface area contributed by atoms with E-state index in [2.05, 4.69) is 29.6 Å². The van der Waals surface area contributed by atoms with Crippen LogP contribution in [-0.2, 0) is 10.2 Å². The minimum atomic E-state index is 0.00813. The summed E-state index contributed by atoms with van der Waals surface area (Å²) in [5, 5.41) is 3.19. The third-order valence-corrected chi connectivity index (χ3v) is 5.56. The van der Waals surface area contributed by atoms with E-state index in [-0.39, 0.29) is 17.5 Å². The molecule has 2 saturated heterocycles. The number of hydrogen-bond donors (Lipinski definition) is 2. The zero-order valence-electron chi connectivity index (χ0n) is 14.4. The molecule has 2 amide bonds. The van der Waals surface area contributed by atoms with Crippen LogP contribution in [0.5, 0.6) is 0 Å². The van der Waals surface area contributed by atoms with Gasteiger partial charge < -0.3 is 20.7 Å². The molecule has 2 fully saturated rings. The van der Waals surface area contributed by atoms with E-state index in [1.54, 1.807) is 0 Å². The second-order valence-corrected chi connectivity index (χ2v) is 7.03. The molecule has 2 aliphatic heterocycles. The predicted molar refractivity (Wildman–Crippen MR) is 95.0 cm³/mol. The normalized spacial score (nSPS) is 24.2. The van der Waals surface area contributed by atoms with Crippen molar-refractivity contribution in [2.75, 3.05) is 32.8 Å².